The third kappa shape index (κ3) is 3.62. The van der Waals surface area contributed by atoms with Gasteiger partial charge in [-0.25, -0.2) is 4.79 Å². The number of hydrogen-bond donors (Lipinski definition) is 0. The van der Waals surface area contributed by atoms with Crippen molar-refractivity contribution in [2.24, 2.45) is 11.8 Å². The van der Waals surface area contributed by atoms with E-state index < -0.39 is 0 Å². The summed E-state index contributed by atoms with van der Waals surface area (Å²) in [5.41, 5.74) is 0. The zero-order valence-corrected chi connectivity index (χ0v) is 8.29. The van der Waals surface area contributed by atoms with E-state index in [1.807, 2.05) is 0 Å². The third-order valence-electron chi connectivity index (χ3n) is 2.67. The van der Waals surface area contributed by atoms with Crippen molar-refractivity contribution in [3.05, 3.63) is 12.7 Å². The Hall–Kier alpha value is -0.790. The number of hydrogen-bond acceptors (Lipinski definition) is 2. The highest BCUT2D eigenvalue weighted by Gasteiger charge is 2.19. The lowest BCUT2D eigenvalue weighted by molar-refractivity contribution is -0.139. The van der Waals surface area contributed by atoms with Gasteiger partial charge in [0, 0.05) is 6.08 Å². The lowest BCUT2D eigenvalue weighted by Crippen LogP contribution is -2.19. The molecule has 0 spiro atoms. The first-order chi connectivity index (χ1) is 6.22. The summed E-state index contributed by atoms with van der Waals surface area (Å²) in [6.45, 7) is 6.21. The molecule has 2 unspecified atom stereocenters. The van der Waals surface area contributed by atoms with Crippen LogP contribution in [0.15, 0.2) is 12.7 Å². The normalized spacial score (nSPS) is 28.1. The van der Waals surface area contributed by atoms with Gasteiger partial charge in [0.1, 0.15) is 0 Å². The summed E-state index contributed by atoms with van der Waals surface area (Å²) >= 11 is 0. The Morgan fingerprint density at radius 3 is 3.00 bits per heavy atom. The van der Waals surface area contributed by atoms with Gasteiger partial charge in [0.05, 0.1) is 6.61 Å². The molecular formula is C11H18O2. The first-order valence-electron chi connectivity index (χ1n) is 5.01. The highest BCUT2D eigenvalue weighted by Crippen LogP contribution is 2.28. The molecule has 0 amide bonds. The average molecular weight is 182 g/mol. The summed E-state index contributed by atoms with van der Waals surface area (Å²) in [5.74, 6) is 1.08. The van der Waals surface area contributed by atoms with Crippen LogP contribution in [0.3, 0.4) is 0 Å². The second kappa shape index (κ2) is 5.05. The number of esters is 1. The summed E-state index contributed by atoms with van der Waals surface area (Å²) < 4.78 is 5.02. The number of ether oxygens (including phenoxy) is 1. The summed E-state index contributed by atoms with van der Waals surface area (Å²) in [7, 11) is 0. The Bertz CT molecular complexity index is 187. The van der Waals surface area contributed by atoms with Gasteiger partial charge >= 0.3 is 5.97 Å². The van der Waals surface area contributed by atoms with Crippen molar-refractivity contribution in [2.75, 3.05) is 6.61 Å². The lowest BCUT2D eigenvalue weighted by atomic mass is 9.83. The molecule has 0 radical (unpaired) electrons. The molecule has 1 fully saturated rings. The maximum absolute atomic E-state index is 10.8. The van der Waals surface area contributed by atoms with Gasteiger partial charge in [-0.05, 0) is 24.7 Å². The zero-order chi connectivity index (χ0) is 9.68. The van der Waals surface area contributed by atoms with E-state index in [1.165, 1.54) is 31.8 Å². The van der Waals surface area contributed by atoms with Gasteiger partial charge in [0.2, 0.25) is 0 Å². The fourth-order valence-corrected chi connectivity index (χ4v) is 1.97. The average Bonchev–Trinajstić information content (AvgIpc) is 2.14. The van der Waals surface area contributed by atoms with Crippen molar-refractivity contribution in [1.82, 2.24) is 0 Å². The molecule has 2 nitrogen and oxygen atoms in total. The van der Waals surface area contributed by atoms with E-state index >= 15 is 0 Å². The van der Waals surface area contributed by atoms with E-state index in [4.69, 9.17) is 4.74 Å². The van der Waals surface area contributed by atoms with Crippen LogP contribution in [0, 0.1) is 11.8 Å². The summed E-state index contributed by atoms with van der Waals surface area (Å²) in [4.78, 5) is 10.8. The molecular weight excluding hydrogens is 164 g/mol. The molecule has 0 aromatic carbocycles. The van der Waals surface area contributed by atoms with E-state index in [-0.39, 0.29) is 5.97 Å². The van der Waals surface area contributed by atoms with Crippen LogP contribution in [0.5, 0.6) is 0 Å². The molecule has 0 heterocycles. The molecule has 0 aromatic rings. The highest BCUT2D eigenvalue weighted by atomic mass is 16.5. The smallest absolute Gasteiger partial charge is 0.330 e. The lowest BCUT2D eigenvalue weighted by Gasteiger charge is -2.25. The Balaban J connectivity index is 2.20. The van der Waals surface area contributed by atoms with Gasteiger partial charge in [-0.2, -0.15) is 0 Å². The first-order valence-corrected chi connectivity index (χ1v) is 5.01. The highest BCUT2D eigenvalue weighted by molar-refractivity contribution is 5.81. The predicted octanol–water partition coefficient (Wildman–Crippen LogP) is 2.54. The van der Waals surface area contributed by atoms with Crippen LogP contribution in [-0.2, 0) is 9.53 Å². The van der Waals surface area contributed by atoms with Crippen LogP contribution >= 0.6 is 0 Å². The van der Waals surface area contributed by atoms with E-state index in [1.54, 1.807) is 0 Å². The van der Waals surface area contributed by atoms with Crippen molar-refractivity contribution >= 4 is 5.97 Å². The zero-order valence-electron chi connectivity index (χ0n) is 8.29. The Kier molecular flexibility index (Phi) is 4.00. The van der Waals surface area contributed by atoms with Crippen LogP contribution in [0.2, 0.25) is 0 Å². The van der Waals surface area contributed by atoms with Gasteiger partial charge in [0.15, 0.2) is 0 Å². The molecule has 13 heavy (non-hydrogen) atoms. The molecule has 0 bridgehead atoms. The SMILES string of the molecule is C=CC(=O)OCC1CCCC(C)C1. The van der Waals surface area contributed by atoms with Crippen molar-refractivity contribution in [2.45, 2.75) is 32.6 Å². The monoisotopic (exact) mass is 182 g/mol. The molecule has 1 aliphatic rings. The molecule has 0 aromatic heterocycles. The molecule has 2 heteroatoms. The first kappa shape index (κ1) is 10.3. The number of rotatable bonds is 3. The number of carbonyl (C=O) groups excluding carboxylic acids is 1. The maximum Gasteiger partial charge on any atom is 0.330 e. The minimum absolute atomic E-state index is 0.293. The van der Waals surface area contributed by atoms with E-state index in [2.05, 4.69) is 13.5 Å². The third-order valence-corrected chi connectivity index (χ3v) is 2.67. The molecule has 0 aliphatic heterocycles. The van der Waals surface area contributed by atoms with Crippen LogP contribution < -0.4 is 0 Å². The molecule has 1 saturated carbocycles. The van der Waals surface area contributed by atoms with E-state index in [0.29, 0.717) is 12.5 Å². The van der Waals surface area contributed by atoms with Gasteiger partial charge < -0.3 is 4.74 Å². The molecule has 0 saturated heterocycles. The molecule has 1 rings (SSSR count). The van der Waals surface area contributed by atoms with Crippen LogP contribution in [0.4, 0.5) is 0 Å². The van der Waals surface area contributed by atoms with Gasteiger partial charge in [-0.15, -0.1) is 0 Å². The largest absolute Gasteiger partial charge is 0.462 e. The standard InChI is InChI=1S/C11H18O2/c1-3-11(12)13-8-10-6-4-5-9(2)7-10/h3,9-10H,1,4-8H2,2H3. The van der Waals surface area contributed by atoms with Crippen LogP contribution in [0.25, 0.3) is 0 Å². The molecule has 0 N–H and O–H groups in total. The van der Waals surface area contributed by atoms with Crippen LogP contribution in [-0.4, -0.2) is 12.6 Å². The fraction of sp³-hybridized carbons (Fsp3) is 0.727. The van der Waals surface area contributed by atoms with Crippen molar-refractivity contribution < 1.29 is 9.53 Å². The quantitative estimate of drug-likeness (QED) is 0.495. The summed E-state index contributed by atoms with van der Waals surface area (Å²) in [5, 5.41) is 0. The van der Waals surface area contributed by atoms with Gasteiger partial charge in [-0.3, -0.25) is 0 Å². The molecule has 74 valence electrons. The summed E-state index contributed by atoms with van der Waals surface area (Å²) in [6, 6.07) is 0. The summed E-state index contributed by atoms with van der Waals surface area (Å²) in [6.07, 6.45) is 6.23. The van der Waals surface area contributed by atoms with Crippen molar-refractivity contribution in [3.63, 3.8) is 0 Å². The number of carbonyl (C=O) groups is 1. The minimum Gasteiger partial charge on any atom is -0.462 e. The van der Waals surface area contributed by atoms with Crippen LogP contribution in [0.1, 0.15) is 32.6 Å². The topological polar surface area (TPSA) is 26.3 Å². The van der Waals surface area contributed by atoms with Gasteiger partial charge in [0.25, 0.3) is 0 Å². The second-order valence-electron chi connectivity index (χ2n) is 3.97. The van der Waals surface area contributed by atoms with E-state index in [0.717, 1.165) is 5.92 Å². The van der Waals surface area contributed by atoms with E-state index in [9.17, 15) is 4.79 Å². The fourth-order valence-electron chi connectivity index (χ4n) is 1.97. The predicted molar refractivity (Wildman–Crippen MR) is 52.3 cm³/mol. The van der Waals surface area contributed by atoms with Crippen molar-refractivity contribution in [3.8, 4) is 0 Å². The van der Waals surface area contributed by atoms with Gasteiger partial charge in [-0.1, -0.05) is 26.3 Å². The Morgan fingerprint density at radius 1 is 1.62 bits per heavy atom. The molecule has 1 aliphatic carbocycles. The minimum atomic E-state index is -0.293. The van der Waals surface area contributed by atoms with Crippen molar-refractivity contribution in [1.29, 1.82) is 0 Å². The maximum atomic E-state index is 10.8. The molecule has 2 atom stereocenters. The Labute approximate surface area is 80.0 Å². The second-order valence-corrected chi connectivity index (χ2v) is 3.97. The Morgan fingerprint density at radius 2 is 2.38 bits per heavy atom.